The number of alkyl carbamates (subject to hydrolysis) is 1. The van der Waals surface area contributed by atoms with Crippen LogP contribution in [0.4, 0.5) is 4.79 Å². The second-order valence-electron chi connectivity index (χ2n) is 12.5. The number of nitrogens with zero attached hydrogens (tertiary/aromatic N) is 2. The van der Waals surface area contributed by atoms with Crippen molar-refractivity contribution < 1.29 is 23.5 Å². The molecule has 4 aromatic rings. The molecule has 1 aliphatic rings. The van der Waals surface area contributed by atoms with Gasteiger partial charge in [-0.25, -0.2) is 9.78 Å². The van der Waals surface area contributed by atoms with Crippen molar-refractivity contribution in [2.75, 3.05) is 0 Å². The Morgan fingerprint density at radius 3 is 2.43 bits per heavy atom. The number of benzene rings is 3. The highest BCUT2D eigenvalue weighted by molar-refractivity contribution is 5.92. The van der Waals surface area contributed by atoms with Crippen LogP contribution in [-0.4, -0.2) is 28.6 Å². The van der Waals surface area contributed by atoms with Crippen LogP contribution in [-0.2, 0) is 22.6 Å². The average molecular weight is 619 g/mol. The highest BCUT2D eigenvalue weighted by atomic mass is 16.6. The third-order valence-electron chi connectivity index (χ3n) is 7.37. The number of rotatable bonds is 6. The molecule has 2 N–H and O–H groups in total. The number of carbonyl (C=O) groups excluding carboxylic acids is 2. The van der Waals surface area contributed by atoms with E-state index in [0.717, 1.165) is 16.7 Å². The van der Waals surface area contributed by atoms with E-state index < -0.39 is 29.7 Å². The number of oxazole rings is 1. The van der Waals surface area contributed by atoms with E-state index >= 15 is 0 Å². The van der Waals surface area contributed by atoms with Gasteiger partial charge in [0.2, 0.25) is 11.8 Å². The molecule has 9 nitrogen and oxygen atoms in total. The number of ether oxygens (including phenoxy) is 2. The molecular weight excluding hydrogens is 580 g/mol. The van der Waals surface area contributed by atoms with E-state index in [4.69, 9.17) is 13.9 Å². The minimum atomic E-state index is -0.983. The highest BCUT2D eigenvalue weighted by Gasteiger charge is 2.32. The van der Waals surface area contributed by atoms with Crippen LogP contribution in [0.2, 0.25) is 0 Å². The monoisotopic (exact) mass is 618 g/mol. The molecule has 0 saturated carbocycles. The van der Waals surface area contributed by atoms with Gasteiger partial charge >= 0.3 is 6.09 Å². The molecule has 0 fully saturated rings. The summed E-state index contributed by atoms with van der Waals surface area (Å²) in [7, 11) is 0. The van der Waals surface area contributed by atoms with E-state index in [2.05, 4.69) is 21.7 Å². The summed E-state index contributed by atoms with van der Waals surface area (Å²) in [5.74, 6) is 0.474. The second kappa shape index (κ2) is 13.7. The fraction of sp³-hybridized carbons (Fsp3) is 0.297. The summed E-state index contributed by atoms with van der Waals surface area (Å²) < 4.78 is 18.2. The standard InChI is InChI=1S/C37H38N4O5/c1-23(2)32-35-39-30(21-38)33(45-35)28(26-14-10-7-11-15-26)20-27-18-25(16-17-31(27)44-22-24-12-8-6-9-13-24)19-29(34(42)41-32)40-36(43)46-37(3,4)5/h6-18,20,23,29,32H,19,22H2,1-5H3,(H,40,43)(H,41,42)/b28-20-/t29-,32+/m1/s1. The van der Waals surface area contributed by atoms with Gasteiger partial charge in [0.05, 0.1) is 0 Å². The summed E-state index contributed by atoms with van der Waals surface area (Å²) in [5.41, 5.74) is 3.26. The molecule has 46 heavy (non-hydrogen) atoms. The molecule has 0 unspecified atom stereocenters. The van der Waals surface area contributed by atoms with E-state index in [9.17, 15) is 14.9 Å². The highest BCUT2D eigenvalue weighted by Crippen LogP contribution is 2.35. The van der Waals surface area contributed by atoms with Gasteiger partial charge in [-0.1, -0.05) is 80.6 Å². The zero-order valence-corrected chi connectivity index (χ0v) is 26.7. The Kier molecular flexibility index (Phi) is 9.57. The first-order valence-electron chi connectivity index (χ1n) is 15.3. The van der Waals surface area contributed by atoms with Crippen molar-refractivity contribution in [3.63, 3.8) is 0 Å². The van der Waals surface area contributed by atoms with Crippen LogP contribution in [0.3, 0.4) is 0 Å². The van der Waals surface area contributed by atoms with Crippen LogP contribution < -0.4 is 15.4 Å². The van der Waals surface area contributed by atoms with Crippen LogP contribution in [0.1, 0.15) is 80.3 Å². The lowest BCUT2D eigenvalue weighted by Crippen LogP contribution is -2.50. The van der Waals surface area contributed by atoms with Crippen LogP contribution in [0.25, 0.3) is 11.6 Å². The summed E-state index contributed by atoms with van der Waals surface area (Å²) in [6.07, 6.45) is 1.38. The molecule has 0 radical (unpaired) electrons. The summed E-state index contributed by atoms with van der Waals surface area (Å²) in [6.45, 7) is 9.45. The van der Waals surface area contributed by atoms with Crippen molar-refractivity contribution in [3.8, 4) is 11.8 Å². The van der Waals surface area contributed by atoms with Gasteiger partial charge in [-0.2, -0.15) is 5.26 Å². The number of carbonyl (C=O) groups is 2. The minimum absolute atomic E-state index is 0.0911. The van der Waals surface area contributed by atoms with Gasteiger partial charge in [0, 0.05) is 17.6 Å². The van der Waals surface area contributed by atoms with Crippen LogP contribution in [0.15, 0.2) is 83.3 Å². The van der Waals surface area contributed by atoms with Crippen molar-refractivity contribution in [3.05, 3.63) is 118 Å². The van der Waals surface area contributed by atoms with Gasteiger partial charge in [0.1, 0.15) is 36.1 Å². The third kappa shape index (κ3) is 7.83. The second-order valence-corrected chi connectivity index (χ2v) is 12.5. The van der Waals surface area contributed by atoms with Gasteiger partial charge in [-0.15, -0.1) is 0 Å². The van der Waals surface area contributed by atoms with Crippen molar-refractivity contribution >= 4 is 23.6 Å². The summed E-state index contributed by atoms with van der Waals surface area (Å²) in [5, 5.41) is 15.9. The molecule has 5 rings (SSSR count). The molecular formula is C37H38N4O5. The van der Waals surface area contributed by atoms with Crippen LogP contribution >= 0.6 is 0 Å². The smallest absolute Gasteiger partial charge is 0.408 e. The predicted molar refractivity (Wildman–Crippen MR) is 174 cm³/mol. The number of hydrogen-bond donors (Lipinski definition) is 2. The lowest BCUT2D eigenvalue weighted by Gasteiger charge is -2.26. The SMILES string of the molecule is CC(C)[C@@H]1NC(=O)[C@H](NC(=O)OC(C)(C)C)Cc2ccc(OCc3ccccc3)c(c2)/C=C(/c2ccccc2)c2oc1nc2C#N. The van der Waals surface area contributed by atoms with Crippen molar-refractivity contribution in [1.29, 1.82) is 5.26 Å². The van der Waals surface area contributed by atoms with Crippen molar-refractivity contribution in [1.82, 2.24) is 15.6 Å². The lowest BCUT2D eigenvalue weighted by atomic mass is 9.96. The maximum Gasteiger partial charge on any atom is 0.408 e. The molecule has 1 aliphatic heterocycles. The fourth-order valence-electron chi connectivity index (χ4n) is 5.15. The fourth-order valence-corrected chi connectivity index (χ4v) is 5.15. The van der Waals surface area contributed by atoms with E-state index in [-0.39, 0.29) is 29.7 Å². The number of hydrogen-bond acceptors (Lipinski definition) is 7. The zero-order valence-electron chi connectivity index (χ0n) is 26.7. The zero-order chi connectivity index (χ0) is 32.8. The molecule has 1 aromatic heterocycles. The number of nitriles is 1. The first kappa shape index (κ1) is 32.0. The van der Waals surface area contributed by atoms with Gasteiger partial charge in [-0.3, -0.25) is 4.79 Å². The Hall–Kier alpha value is -5.36. The number of nitrogens with one attached hydrogen (secondary N) is 2. The lowest BCUT2D eigenvalue weighted by molar-refractivity contribution is -0.124. The summed E-state index contributed by atoms with van der Waals surface area (Å²) in [4.78, 5) is 31.3. The van der Waals surface area contributed by atoms with Gasteiger partial charge in [-0.05, 0) is 61.6 Å². The molecule has 4 bridgehead atoms. The molecule has 2 amide bonds. The minimum Gasteiger partial charge on any atom is -0.488 e. The molecule has 0 aliphatic carbocycles. The Bertz CT molecular complexity index is 1760. The quantitative estimate of drug-likeness (QED) is 0.239. The maximum absolute atomic E-state index is 13.9. The molecule has 2 atom stereocenters. The molecule has 0 spiro atoms. The van der Waals surface area contributed by atoms with E-state index in [1.165, 1.54) is 0 Å². The van der Waals surface area contributed by atoms with E-state index in [0.29, 0.717) is 23.5 Å². The van der Waals surface area contributed by atoms with Gasteiger partial charge in [0.25, 0.3) is 0 Å². The number of fused-ring (bicyclic) bond motifs is 4. The summed E-state index contributed by atoms with van der Waals surface area (Å²) in [6, 6.07) is 25.6. The van der Waals surface area contributed by atoms with Gasteiger partial charge in [0.15, 0.2) is 11.5 Å². The molecule has 0 saturated heterocycles. The topological polar surface area (TPSA) is 126 Å². The van der Waals surface area contributed by atoms with Crippen molar-refractivity contribution in [2.45, 2.75) is 65.3 Å². The molecule has 9 heteroatoms. The Morgan fingerprint density at radius 2 is 1.78 bits per heavy atom. The normalized spacial score (nSPS) is 17.7. The third-order valence-corrected chi connectivity index (χ3v) is 7.37. The number of amides is 2. The van der Waals surface area contributed by atoms with Crippen LogP contribution in [0.5, 0.6) is 5.75 Å². The van der Waals surface area contributed by atoms with Crippen LogP contribution in [0, 0.1) is 17.2 Å². The molecule has 3 aromatic carbocycles. The maximum atomic E-state index is 13.9. The first-order valence-corrected chi connectivity index (χ1v) is 15.3. The first-order chi connectivity index (χ1) is 22.0. The van der Waals surface area contributed by atoms with Gasteiger partial charge < -0.3 is 24.5 Å². The average Bonchev–Trinajstić information content (AvgIpc) is 3.45. The van der Waals surface area contributed by atoms with E-state index in [1.807, 2.05) is 98.8 Å². The molecule has 2 heterocycles. The Labute approximate surface area is 269 Å². The number of aromatic nitrogens is 1. The Balaban J connectivity index is 1.68. The van der Waals surface area contributed by atoms with E-state index in [1.54, 1.807) is 20.8 Å². The van der Waals surface area contributed by atoms with Crippen molar-refractivity contribution in [2.24, 2.45) is 5.92 Å². The predicted octanol–water partition coefficient (Wildman–Crippen LogP) is 6.98. The molecule has 236 valence electrons. The largest absolute Gasteiger partial charge is 0.488 e. The Morgan fingerprint density at radius 1 is 1.09 bits per heavy atom. The summed E-state index contributed by atoms with van der Waals surface area (Å²) >= 11 is 0.